The third-order valence-electron chi connectivity index (χ3n) is 7.21. The molecule has 2 amide bonds. The summed E-state index contributed by atoms with van der Waals surface area (Å²) in [5.41, 5.74) is 3.20. The number of methoxy groups -OCH3 is 1. The van der Waals surface area contributed by atoms with E-state index in [0.29, 0.717) is 17.0 Å². The van der Waals surface area contributed by atoms with Crippen molar-refractivity contribution < 1.29 is 18.7 Å². The number of anilines is 2. The molecule has 5 rings (SSSR count). The van der Waals surface area contributed by atoms with Gasteiger partial charge in [-0.25, -0.2) is 4.39 Å². The molecule has 1 N–H and O–H groups in total. The summed E-state index contributed by atoms with van der Waals surface area (Å²) in [6.07, 6.45) is 2.71. The molecule has 40 heavy (non-hydrogen) atoms. The summed E-state index contributed by atoms with van der Waals surface area (Å²) in [5.74, 6) is 0.257. The molecule has 0 spiro atoms. The molecule has 1 fully saturated rings. The van der Waals surface area contributed by atoms with Gasteiger partial charge in [0.05, 0.1) is 17.7 Å². The van der Waals surface area contributed by atoms with E-state index in [9.17, 15) is 14.0 Å². The Morgan fingerprint density at radius 3 is 2.58 bits per heavy atom. The van der Waals surface area contributed by atoms with Gasteiger partial charge in [-0.2, -0.15) is 0 Å². The second kappa shape index (κ2) is 12.6. The minimum Gasteiger partial charge on any atom is -0.497 e. The Hall–Kier alpha value is -3.82. The molecule has 1 saturated heterocycles. The number of carbonyl (C=O) groups is 2. The third-order valence-corrected chi connectivity index (χ3v) is 8.29. The minimum absolute atomic E-state index is 0.114. The van der Waals surface area contributed by atoms with Crippen molar-refractivity contribution in [2.75, 3.05) is 63.2 Å². The van der Waals surface area contributed by atoms with Gasteiger partial charge in [-0.05, 0) is 79.2 Å². The van der Waals surface area contributed by atoms with Crippen molar-refractivity contribution >= 4 is 41.0 Å². The molecule has 0 bridgehead atoms. The van der Waals surface area contributed by atoms with E-state index in [1.807, 2.05) is 54.6 Å². The smallest absolute Gasteiger partial charge is 0.264 e. The second-order valence-electron chi connectivity index (χ2n) is 9.85. The highest BCUT2D eigenvalue weighted by Crippen LogP contribution is 2.42. The van der Waals surface area contributed by atoms with Crippen LogP contribution in [-0.2, 0) is 4.79 Å². The van der Waals surface area contributed by atoms with Gasteiger partial charge in [0.2, 0.25) is 0 Å². The SMILES string of the molecule is COc1cccc(C=C2Sc3ccc(C(=O)NCCCN4CCN(c5ccc(F)cc5)CC4)cc3N(C)C2=O)c1. The summed E-state index contributed by atoms with van der Waals surface area (Å²) in [5, 5.41) is 3.02. The number of piperazine rings is 1. The number of nitrogens with zero attached hydrogens (tertiary/aromatic N) is 3. The summed E-state index contributed by atoms with van der Waals surface area (Å²) < 4.78 is 18.5. The number of halogens is 1. The van der Waals surface area contributed by atoms with E-state index < -0.39 is 0 Å². The lowest BCUT2D eigenvalue weighted by atomic mass is 10.1. The van der Waals surface area contributed by atoms with Gasteiger partial charge in [-0.3, -0.25) is 14.5 Å². The molecule has 0 aromatic heterocycles. The Balaban J connectivity index is 1.11. The molecule has 2 aliphatic rings. The number of fused-ring (bicyclic) bond motifs is 1. The number of hydrogen-bond acceptors (Lipinski definition) is 6. The van der Waals surface area contributed by atoms with E-state index in [2.05, 4.69) is 15.1 Å². The van der Waals surface area contributed by atoms with Crippen molar-refractivity contribution in [3.05, 3.63) is 88.6 Å². The van der Waals surface area contributed by atoms with Crippen molar-refractivity contribution in [1.29, 1.82) is 0 Å². The Morgan fingerprint density at radius 1 is 1.05 bits per heavy atom. The maximum absolute atomic E-state index is 13.2. The number of amides is 2. The van der Waals surface area contributed by atoms with Gasteiger partial charge in [-0.15, -0.1) is 0 Å². The molecule has 9 heteroatoms. The number of benzene rings is 3. The van der Waals surface area contributed by atoms with E-state index in [0.717, 1.165) is 66.7 Å². The Labute approximate surface area is 238 Å². The number of ether oxygens (including phenoxy) is 1. The zero-order valence-corrected chi connectivity index (χ0v) is 23.5. The van der Waals surface area contributed by atoms with Crippen LogP contribution >= 0.6 is 11.8 Å². The summed E-state index contributed by atoms with van der Waals surface area (Å²) in [7, 11) is 3.35. The number of thioether (sulfide) groups is 1. The lowest BCUT2D eigenvalue weighted by Gasteiger charge is -2.36. The van der Waals surface area contributed by atoms with Crippen LogP contribution in [0.2, 0.25) is 0 Å². The van der Waals surface area contributed by atoms with Crippen molar-refractivity contribution in [3.63, 3.8) is 0 Å². The van der Waals surface area contributed by atoms with Crippen LogP contribution in [0, 0.1) is 5.82 Å². The first-order chi connectivity index (χ1) is 19.4. The predicted octanol–water partition coefficient (Wildman–Crippen LogP) is 4.89. The quantitative estimate of drug-likeness (QED) is 0.313. The molecule has 0 radical (unpaired) electrons. The van der Waals surface area contributed by atoms with Crippen LogP contribution in [0.4, 0.5) is 15.8 Å². The van der Waals surface area contributed by atoms with Gasteiger partial charge >= 0.3 is 0 Å². The van der Waals surface area contributed by atoms with Gasteiger partial charge in [0.15, 0.2) is 0 Å². The van der Waals surface area contributed by atoms with Gasteiger partial charge in [0, 0.05) is 55.9 Å². The molecule has 0 saturated carbocycles. The summed E-state index contributed by atoms with van der Waals surface area (Å²) in [6.45, 7) is 5.13. The van der Waals surface area contributed by atoms with Crippen LogP contribution in [0.5, 0.6) is 5.75 Å². The van der Waals surface area contributed by atoms with Crippen molar-refractivity contribution in [3.8, 4) is 5.75 Å². The molecule has 2 aliphatic heterocycles. The number of likely N-dealkylation sites (N-methyl/N-ethyl adjacent to an activating group) is 1. The molecule has 2 heterocycles. The third kappa shape index (κ3) is 6.48. The first-order valence-electron chi connectivity index (χ1n) is 13.4. The zero-order valence-electron chi connectivity index (χ0n) is 22.7. The van der Waals surface area contributed by atoms with E-state index in [1.165, 1.54) is 23.9 Å². The van der Waals surface area contributed by atoms with Crippen LogP contribution in [0.25, 0.3) is 6.08 Å². The number of hydrogen-bond donors (Lipinski definition) is 1. The largest absolute Gasteiger partial charge is 0.497 e. The lowest BCUT2D eigenvalue weighted by molar-refractivity contribution is -0.114. The van der Waals surface area contributed by atoms with Crippen LogP contribution in [0.1, 0.15) is 22.3 Å². The fourth-order valence-electron chi connectivity index (χ4n) is 4.91. The summed E-state index contributed by atoms with van der Waals surface area (Å²) in [6, 6.07) is 19.7. The molecular formula is C31H33FN4O3S. The molecule has 7 nitrogen and oxygen atoms in total. The molecular weight excluding hydrogens is 527 g/mol. The number of carbonyl (C=O) groups excluding carboxylic acids is 2. The van der Waals surface area contributed by atoms with Crippen LogP contribution in [-0.4, -0.2) is 70.1 Å². The second-order valence-corrected chi connectivity index (χ2v) is 10.9. The normalized spacial score (nSPS) is 16.7. The highest BCUT2D eigenvalue weighted by atomic mass is 32.2. The standard InChI is InChI=1S/C31H33FN4O3S/c1-34-27-21-23(7-12-28(27)40-29(31(34)38)20-22-5-3-6-26(19-22)39-2)30(37)33-13-4-14-35-15-17-36(18-16-35)25-10-8-24(32)9-11-25/h3,5-12,19-21H,4,13-18H2,1-2H3,(H,33,37). The van der Waals surface area contributed by atoms with Gasteiger partial charge in [0.1, 0.15) is 11.6 Å². The number of rotatable bonds is 8. The average Bonchev–Trinajstić information content (AvgIpc) is 2.98. The maximum atomic E-state index is 13.2. The minimum atomic E-state index is -0.217. The first kappa shape index (κ1) is 27.7. The van der Waals surface area contributed by atoms with Gasteiger partial charge < -0.3 is 19.9 Å². The lowest BCUT2D eigenvalue weighted by Crippen LogP contribution is -2.47. The van der Waals surface area contributed by atoms with Gasteiger partial charge in [-0.1, -0.05) is 23.9 Å². The highest BCUT2D eigenvalue weighted by molar-refractivity contribution is 8.04. The van der Waals surface area contributed by atoms with Crippen LogP contribution in [0.15, 0.2) is 76.5 Å². The Morgan fingerprint density at radius 2 is 1.82 bits per heavy atom. The average molecular weight is 561 g/mol. The van der Waals surface area contributed by atoms with Crippen molar-refractivity contribution in [2.45, 2.75) is 11.3 Å². The summed E-state index contributed by atoms with van der Waals surface area (Å²) >= 11 is 1.41. The van der Waals surface area contributed by atoms with E-state index in [1.54, 1.807) is 25.1 Å². The Kier molecular flexibility index (Phi) is 8.72. The monoisotopic (exact) mass is 560 g/mol. The molecule has 0 atom stereocenters. The van der Waals surface area contributed by atoms with E-state index >= 15 is 0 Å². The molecule has 208 valence electrons. The fourth-order valence-corrected chi connectivity index (χ4v) is 6.00. The molecule has 3 aromatic carbocycles. The van der Waals surface area contributed by atoms with Crippen molar-refractivity contribution in [1.82, 2.24) is 10.2 Å². The van der Waals surface area contributed by atoms with E-state index in [4.69, 9.17) is 4.74 Å². The number of nitrogens with one attached hydrogen (secondary N) is 1. The first-order valence-corrected chi connectivity index (χ1v) is 14.2. The zero-order chi connectivity index (χ0) is 28.1. The highest BCUT2D eigenvalue weighted by Gasteiger charge is 2.27. The van der Waals surface area contributed by atoms with Crippen LogP contribution in [0.3, 0.4) is 0 Å². The molecule has 3 aromatic rings. The molecule has 0 aliphatic carbocycles. The van der Waals surface area contributed by atoms with Crippen LogP contribution < -0.4 is 19.9 Å². The topological polar surface area (TPSA) is 65.1 Å². The fraction of sp³-hybridized carbons (Fsp3) is 0.290. The van der Waals surface area contributed by atoms with E-state index in [-0.39, 0.29) is 17.6 Å². The summed E-state index contributed by atoms with van der Waals surface area (Å²) in [4.78, 5) is 33.7. The predicted molar refractivity (Wildman–Crippen MR) is 159 cm³/mol. The van der Waals surface area contributed by atoms with Crippen molar-refractivity contribution in [2.24, 2.45) is 0 Å². The van der Waals surface area contributed by atoms with Gasteiger partial charge in [0.25, 0.3) is 11.8 Å². The molecule has 0 unspecified atom stereocenters. The maximum Gasteiger partial charge on any atom is 0.264 e. The Bertz CT molecular complexity index is 1400.